The van der Waals surface area contributed by atoms with Crippen molar-refractivity contribution in [2.24, 2.45) is 0 Å². The van der Waals surface area contributed by atoms with E-state index < -0.39 is 0 Å². The summed E-state index contributed by atoms with van der Waals surface area (Å²) in [5.74, 6) is 0.408. The fourth-order valence-electron chi connectivity index (χ4n) is 3.27. The van der Waals surface area contributed by atoms with Gasteiger partial charge in [-0.05, 0) is 23.7 Å². The number of carbonyl (C=O) groups excluding carboxylic acids is 1. The molecule has 0 radical (unpaired) electrons. The van der Waals surface area contributed by atoms with E-state index in [1.807, 2.05) is 48.5 Å². The number of nitrogens with zero attached hydrogens (tertiary/aromatic N) is 5. The summed E-state index contributed by atoms with van der Waals surface area (Å²) in [5.41, 5.74) is 3.28. The summed E-state index contributed by atoms with van der Waals surface area (Å²) in [7, 11) is 0. The summed E-state index contributed by atoms with van der Waals surface area (Å²) in [6, 6.07) is 18.9. The number of para-hydroxylation sites is 1. The monoisotopic (exact) mass is 414 g/mol. The maximum absolute atomic E-state index is 12.6. The molecule has 0 aliphatic carbocycles. The van der Waals surface area contributed by atoms with Gasteiger partial charge in [-0.2, -0.15) is 9.97 Å². The lowest BCUT2D eigenvalue weighted by Gasteiger charge is -2.08. The molecule has 146 valence electrons. The van der Waals surface area contributed by atoms with Gasteiger partial charge in [-0.1, -0.05) is 48.5 Å². The van der Waals surface area contributed by atoms with Crippen LogP contribution in [0.3, 0.4) is 0 Å². The summed E-state index contributed by atoms with van der Waals surface area (Å²) >= 11 is 6.16. The molecule has 30 heavy (non-hydrogen) atoms. The molecule has 0 aliphatic heterocycles. The van der Waals surface area contributed by atoms with E-state index in [0.29, 0.717) is 22.5 Å². The van der Waals surface area contributed by atoms with Gasteiger partial charge >= 0.3 is 0 Å². The number of ketones is 1. The van der Waals surface area contributed by atoms with E-state index >= 15 is 0 Å². The highest BCUT2D eigenvalue weighted by atomic mass is 35.5. The number of hydrogen-bond donors (Lipinski definition) is 1. The first-order valence-corrected chi connectivity index (χ1v) is 9.63. The van der Waals surface area contributed by atoms with Crippen molar-refractivity contribution in [3.63, 3.8) is 0 Å². The van der Waals surface area contributed by atoms with Crippen LogP contribution in [0.25, 0.3) is 22.1 Å². The Bertz CT molecular complexity index is 1380. The summed E-state index contributed by atoms with van der Waals surface area (Å²) in [6.45, 7) is 0.102. The van der Waals surface area contributed by atoms with Gasteiger partial charge in [-0.3, -0.25) is 9.78 Å². The fourth-order valence-corrected chi connectivity index (χ4v) is 3.43. The van der Waals surface area contributed by atoms with Gasteiger partial charge in [0.1, 0.15) is 0 Å². The zero-order valence-electron chi connectivity index (χ0n) is 15.7. The highest BCUT2D eigenvalue weighted by Gasteiger charge is 2.15. The van der Waals surface area contributed by atoms with E-state index in [9.17, 15) is 4.79 Å². The van der Waals surface area contributed by atoms with E-state index in [2.05, 4.69) is 25.3 Å². The molecule has 1 N–H and O–H groups in total. The van der Waals surface area contributed by atoms with Gasteiger partial charge in [-0.15, -0.1) is 0 Å². The van der Waals surface area contributed by atoms with Gasteiger partial charge in [0, 0.05) is 10.9 Å². The lowest BCUT2D eigenvalue weighted by atomic mass is 10.1. The Kier molecular flexibility index (Phi) is 4.57. The van der Waals surface area contributed by atoms with Crippen LogP contribution < -0.4 is 5.32 Å². The molecular formula is C22H15ClN6O. The largest absolute Gasteiger partial charge is 0.337 e. The van der Waals surface area contributed by atoms with Crippen molar-refractivity contribution in [2.45, 2.75) is 6.54 Å². The quantitative estimate of drug-likeness (QED) is 0.332. The second-order valence-electron chi connectivity index (χ2n) is 6.72. The van der Waals surface area contributed by atoms with Crippen molar-refractivity contribution in [1.82, 2.24) is 24.5 Å². The maximum Gasteiger partial charge on any atom is 0.226 e. The highest BCUT2D eigenvalue weighted by Crippen LogP contribution is 2.25. The maximum atomic E-state index is 12.6. The number of rotatable bonds is 5. The number of Topliss-reactive ketones (excluding diaryl/α,β-unsaturated/α-hetero) is 1. The average Bonchev–Trinajstić information content (AvgIpc) is 3.17. The van der Waals surface area contributed by atoms with Gasteiger partial charge in [0.25, 0.3) is 0 Å². The molecule has 0 saturated heterocycles. The van der Waals surface area contributed by atoms with E-state index in [-0.39, 0.29) is 17.6 Å². The van der Waals surface area contributed by atoms with Crippen molar-refractivity contribution in [2.75, 3.05) is 5.32 Å². The van der Waals surface area contributed by atoms with Gasteiger partial charge in [-0.25, -0.2) is 4.98 Å². The Morgan fingerprint density at radius 3 is 2.67 bits per heavy atom. The normalized spacial score (nSPS) is 11.1. The highest BCUT2D eigenvalue weighted by molar-refractivity contribution is 6.28. The molecule has 7 nitrogen and oxygen atoms in total. The third kappa shape index (κ3) is 3.46. The second kappa shape index (κ2) is 7.53. The molecular weight excluding hydrogens is 400 g/mol. The molecule has 5 aromatic rings. The van der Waals surface area contributed by atoms with Crippen LogP contribution in [0.5, 0.6) is 0 Å². The third-order valence-corrected chi connectivity index (χ3v) is 4.87. The third-order valence-electron chi connectivity index (χ3n) is 4.70. The van der Waals surface area contributed by atoms with Crippen LogP contribution >= 0.6 is 11.6 Å². The second-order valence-corrected chi connectivity index (χ2v) is 7.05. The van der Waals surface area contributed by atoms with E-state index in [4.69, 9.17) is 11.6 Å². The molecule has 0 spiro atoms. The first kappa shape index (κ1) is 18.2. The Labute approximate surface area is 176 Å². The number of imidazole rings is 1. The van der Waals surface area contributed by atoms with Crippen molar-refractivity contribution >= 4 is 51.0 Å². The van der Waals surface area contributed by atoms with Crippen LogP contribution in [0.15, 0.2) is 73.2 Å². The smallest absolute Gasteiger partial charge is 0.226 e. The molecule has 0 amide bonds. The first-order valence-electron chi connectivity index (χ1n) is 9.26. The molecule has 0 bridgehead atoms. The summed E-state index contributed by atoms with van der Waals surface area (Å²) in [6.07, 6.45) is 3.29. The fraction of sp³-hybridized carbons (Fsp3) is 0.0455. The number of carbonyl (C=O) groups is 1. The Hall–Kier alpha value is -3.84. The Balaban J connectivity index is 1.49. The Morgan fingerprint density at radius 2 is 1.80 bits per heavy atom. The predicted molar refractivity (Wildman–Crippen MR) is 116 cm³/mol. The standard InChI is InChI=1S/C22H15ClN6O/c23-22-27-20(26-16-10-15-8-4-5-9-17(15)24-11-16)19-21(28-22)29(13-25-19)12-18(30)14-6-2-1-3-7-14/h1-11,13H,12H2,(H,26,27,28). The number of pyridine rings is 1. The molecule has 0 saturated carbocycles. The van der Waals surface area contributed by atoms with Crippen molar-refractivity contribution in [1.29, 1.82) is 0 Å². The van der Waals surface area contributed by atoms with Crippen LogP contribution in [0.1, 0.15) is 10.4 Å². The number of benzene rings is 2. The minimum atomic E-state index is -0.0436. The SMILES string of the molecule is O=C(Cn1cnc2c(Nc3cnc4ccccc4c3)nc(Cl)nc21)c1ccccc1. The van der Waals surface area contributed by atoms with Gasteiger partial charge < -0.3 is 9.88 Å². The molecule has 3 heterocycles. The molecule has 3 aromatic heterocycles. The zero-order chi connectivity index (χ0) is 20.5. The lowest BCUT2D eigenvalue weighted by molar-refractivity contribution is 0.0973. The average molecular weight is 415 g/mol. The number of fused-ring (bicyclic) bond motifs is 2. The van der Waals surface area contributed by atoms with Crippen molar-refractivity contribution in [3.05, 3.63) is 84.0 Å². The van der Waals surface area contributed by atoms with Crippen LogP contribution in [0, 0.1) is 0 Å². The first-order chi connectivity index (χ1) is 14.7. The topological polar surface area (TPSA) is 85.6 Å². The minimum Gasteiger partial charge on any atom is -0.337 e. The number of anilines is 2. The van der Waals surface area contributed by atoms with E-state index in [1.54, 1.807) is 29.2 Å². The molecule has 0 atom stereocenters. The summed E-state index contributed by atoms with van der Waals surface area (Å²) in [4.78, 5) is 30.0. The molecule has 0 unspecified atom stereocenters. The molecule has 0 aliphatic rings. The van der Waals surface area contributed by atoms with E-state index in [0.717, 1.165) is 16.6 Å². The lowest BCUT2D eigenvalue weighted by Crippen LogP contribution is -2.10. The molecule has 0 fully saturated rings. The number of hydrogen-bond acceptors (Lipinski definition) is 6. The van der Waals surface area contributed by atoms with Gasteiger partial charge in [0.2, 0.25) is 5.28 Å². The summed E-state index contributed by atoms with van der Waals surface area (Å²) in [5, 5.41) is 4.28. The predicted octanol–water partition coefficient (Wildman–Crippen LogP) is 4.65. The van der Waals surface area contributed by atoms with Crippen LogP contribution in [-0.4, -0.2) is 30.3 Å². The van der Waals surface area contributed by atoms with E-state index in [1.165, 1.54) is 0 Å². The minimum absolute atomic E-state index is 0.0436. The number of nitrogens with one attached hydrogen (secondary N) is 1. The van der Waals surface area contributed by atoms with Crippen LogP contribution in [0.4, 0.5) is 11.5 Å². The van der Waals surface area contributed by atoms with Crippen molar-refractivity contribution < 1.29 is 4.79 Å². The van der Waals surface area contributed by atoms with Gasteiger partial charge in [0.15, 0.2) is 22.8 Å². The number of aromatic nitrogens is 5. The van der Waals surface area contributed by atoms with Gasteiger partial charge in [0.05, 0.1) is 30.3 Å². The zero-order valence-corrected chi connectivity index (χ0v) is 16.4. The number of halogens is 1. The van der Waals surface area contributed by atoms with Crippen LogP contribution in [-0.2, 0) is 6.54 Å². The summed E-state index contributed by atoms with van der Waals surface area (Å²) < 4.78 is 1.67. The Morgan fingerprint density at radius 1 is 1.00 bits per heavy atom. The van der Waals surface area contributed by atoms with Crippen LogP contribution in [0.2, 0.25) is 5.28 Å². The molecule has 5 rings (SSSR count). The molecule has 2 aromatic carbocycles. The molecule has 8 heteroatoms. The van der Waals surface area contributed by atoms with Crippen molar-refractivity contribution in [3.8, 4) is 0 Å².